The van der Waals surface area contributed by atoms with Crippen molar-refractivity contribution in [1.29, 1.82) is 0 Å². The molecule has 0 radical (unpaired) electrons. The number of carbonyl (C=O) groups excluding carboxylic acids is 4. The summed E-state index contributed by atoms with van der Waals surface area (Å²) in [5, 5.41) is 19.2. The van der Waals surface area contributed by atoms with E-state index in [9.17, 15) is 29.4 Å². The van der Waals surface area contributed by atoms with Crippen LogP contribution in [0, 0.1) is 11.8 Å². The maximum atomic E-state index is 11.7. The van der Waals surface area contributed by atoms with E-state index in [1.807, 2.05) is 0 Å². The summed E-state index contributed by atoms with van der Waals surface area (Å²) in [6.07, 6.45) is 0.532. The van der Waals surface area contributed by atoms with E-state index < -0.39 is 0 Å². The zero-order valence-electron chi connectivity index (χ0n) is 21.5. The Bertz CT molecular complexity index is 1130. The number of ketones is 2. The molecule has 2 N–H and O–H groups in total. The molecule has 1 saturated heterocycles. The second-order valence-corrected chi connectivity index (χ2v) is 9.24. The molecule has 0 aliphatic carbocycles. The van der Waals surface area contributed by atoms with Crippen LogP contribution >= 0.6 is 23.4 Å². The van der Waals surface area contributed by atoms with Gasteiger partial charge in [-0.25, -0.2) is 0 Å². The normalized spacial score (nSPS) is 12.5. The molecular weight excluding hydrogens is 525 g/mol. The molecule has 0 atom stereocenters. The van der Waals surface area contributed by atoms with Crippen molar-refractivity contribution < 1.29 is 38.9 Å². The number of hydrogen-bond acceptors (Lipinski definition) is 8. The molecule has 3 rings (SSSR count). The number of imide groups is 1. The molecule has 1 aliphatic heterocycles. The Morgan fingerprint density at radius 2 is 1.30 bits per heavy atom. The van der Waals surface area contributed by atoms with E-state index in [0.717, 1.165) is 0 Å². The molecule has 2 aromatic carbocycles. The average Bonchev–Trinajstić information content (AvgIpc) is 3.16. The second kappa shape index (κ2) is 14.4. The Hall–Kier alpha value is -3.30. The number of rotatable bonds is 6. The van der Waals surface area contributed by atoms with Crippen molar-refractivity contribution in [2.75, 3.05) is 14.2 Å². The van der Waals surface area contributed by atoms with E-state index in [0.29, 0.717) is 21.5 Å². The lowest BCUT2D eigenvalue weighted by Gasteiger charge is -2.10. The highest BCUT2D eigenvalue weighted by atomic mass is 35.5. The first-order valence-corrected chi connectivity index (χ1v) is 12.0. The Labute approximate surface area is 226 Å². The van der Waals surface area contributed by atoms with Crippen LogP contribution in [0.2, 0.25) is 5.02 Å². The molecule has 2 amide bonds. The highest BCUT2D eigenvalue weighted by Gasteiger charge is 2.26. The molecule has 1 aliphatic rings. The van der Waals surface area contributed by atoms with E-state index in [-0.39, 0.29) is 70.1 Å². The Morgan fingerprint density at radius 3 is 1.70 bits per heavy atom. The van der Waals surface area contributed by atoms with Gasteiger partial charge in [0.25, 0.3) is 0 Å². The predicted molar refractivity (Wildman–Crippen MR) is 140 cm³/mol. The van der Waals surface area contributed by atoms with Crippen LogP contribution < -0.4 is 9.47 Å². The Morgan fingerprint density at radius 1 is 0.838 bits per heavy atom. The predicted octanol–water partition coefficient (Wildman–Crippen LogP) is 5.42. The molecule has 202 valence electrons. The SMILES string of the molecule is COc1cc(Cl)c(O)c(C(=O)C(C)C)c1.COc1ccc(O)c(C(=O)C(C)C)c1.O=C1CCC(=O)N1Cl. The summed E-state index contributed by atoms with van der Waals surface area (Å²) >= 11 is 10.9. The van der Waals surface area contributed by atoms with Crippen LogP contribution in [0.15, 0.2) is 30.3 Å². The molecule has 1 heterocycles. The number of halogens is 2. The van der Waals surface area contributed by atoms with Gasteiger partial charge in [0.05, 0.1) is 30.4 Å². The van der Waals surface area contributed by atoms with Crippen molar-refractivity contribution in [2.45, 2.75) is 40.5 Å². The van der Waals surface area contributed by atoms with Gasteiger partial charge in [-0.3, -0.25) is 19.2 Å². The first kappa shape index (κ1) is 31.7. The molecule has 0 spiro atoms. The Balaban J connectivity index is 0.000000290. The van der Waals surface area contributed by atoms with Crippen molar-refractivity contribution >= 4 is 46.8 Å². The van der Waals surface area contributed by atoms with Crippen molar-refractivity contribution in [3.8, 4) is 23.0 Å². The number of carbonyl (C=O) groups is 4. The van der Waals surface area contributed by atoms with Crippen LogP contribution in [0.3, 0.4) is 0 Å². The first-order chi connectivity index (χ1) is 17.2. The van der Waals surface area contributed by atoms with Crippen LogP contribution in [-0.2, 0) is 9.59 Å². The molecule has 1 fully saturated rings. The fourth-order valence-electron chi connectivity index (χ4n) is 2.89. The minimum Gasteiger partial charge on any atom is -0.507 e. The third-order valence-corrected chi connectivity index (χ3v) is 5.71. The van der Waals surface area contributed by atoms with E-state index in [1.165, 1.54) is 32.4 Å². The minimum absolute atomic E-state index is 0.00417. The summed E-state index contributed by atoms with van der Waals surface area (Å²) in [6, 6.07) is 7.59. The second-order valence-electron chi connectivity index (χ2n) is 8.49. The third-order valence-electron chi connectivity index (χ3n) is 5.05. The van der Waals surface area contributed by atoms with Gasteiger partial charge in [0.2, 0.25) is 11.8 Å². The van der Waals surface area contributed by atoms with Gasteiger partial charge in [0, 0.05) is 42.5 Å². The fraction of sp³-hybridized carbons (Fsp3) is 0.385. The van der Waals surface area contributed by atoms with Crippen molar-refractivity contribution in [3.05, 3.63) is 46.5 Å². The van der Waals surface area contributed by atoms with Crippen LogP contribution in [0.1, 0.15) is 61.3 Å². The molecule has 2 aromatic rings. The number of nitrogens with zero attached hydrogens (tertiary/aromatic N) is 1. The lowest BCUT2D eigenvalue weighted by atomic mass is 10.00. The molecule has 0 saturated carbocycles. The number of phenols is 2. The molecule has 0 aromatic heterocycles. The molecule has 0 bridgehead atoms. The van der Waals surface area contributed by atoms with Gasteiger partial charge in [-0.1, -0.05) is 39.3 Å². The summed E-state index contributed by atoms with van der Waals surface area (Å²) in [5.41, 5.74) is 0.522. The van der Waals surface area contributed by atoms with Gasteiger partial charge in [-0.05, 0) is 24.3 Å². The lowest BCUT2D eigenvalue weighted by molar-refractivity contribution is -0.132. The number of aromatic hydroxyl groups is 2. The highest BCUT2D eigenvalue weighted by Crippen LogP contribution is 2.33. The molecule has 9 nitrogen and oxygen atoms in total. The monoisotopic (exact) mass is 555 g/mol. The van der Waals surface area contributed by atoms with Crippen LogP contribution in [0.25, 0.3) is 0 Å². The molecule has 11 heteroatoms. The quantitative estimate of drug-likeness (QED) is 0.274. The smallest absolute Gasteiger partial charge is 0.244 e. The molecular formula is C26H31Cl2NO8. The molecule has 0 unspecified atom stereocenters. The number of Topliss-reactive ketones (excluding diaryl/α,β-unsaturated/α-hetero) is 2. The van der Waals surface area contributed by atoms with Gasteiger partial charge < -0.3 is 19.7 Å². The maximum Gasteiger partial charge on any atom is 0.244 e. The number of methoxy groups -OCH3 is 2. The number of phenolic OH excluding ortho intramolecular Hbond substituents is 2. The zero-order chi connectivity index (χ0) is 28.4. The van der Waals surface area contributed by atoms with E-state index in [1.54, 1.807) is 39.8 Å². The van der Waals surface area contributed by atoms with Crippen molar-refractivity contribution in [1.82, 2.24) is 4.42 Å². The van der Waals surface area contributed by atoms with E-state index in [4.69, 9.17) is 32.9 Å². The number of amides is 2. The third kappa shape index (κ3) is 8.94. The summed E-state index contributed by atoms with van der Waals surface area (Å²) < 4.78 is 10.6. The van der Waals surface area contributed by atoms with Gasteiger partial charge in [-0.15, -0.1) is 0 Å². The maximum absolute atomic E-state index is 11.7. The molecule has 37 heavy (non-hydrogen) atoms. The van der Waals surface area contributed by atoms with Gasteiger partial charge in [0.1, 0.15) is 23.0 Å². The van der Waals surface area contributed by atoms with Crippen LogP contribution in [0.5, 0.6) is 23.0 Å². The lowest BCUT2D eigenvalue weighted by Crippen LogP contribution is -2.16. The van der Waals surface area contributed by atoms with Crippen molar-refractivity contribution in [3.63, 3.8) is 0 Å². The topological polar surface area (TPSA) is 130 Å². The van der Waals surface area contributed by atoms with Crippen LogP contribution in [-0.4, -0.2) is 52.2 Å². The fourth-order valence-corrected chi connectivity index (χ4v) is 3.27. The Kier molecular flexibility index (Phi) is 12.4. The van der Waals surface area contributed by atoms with Gasteiger partial charge in [-0.2, -0.15) is 4.42 Å². The van der Waals surface area contributed by atoms with Gasteiger partial charge in [0.15, 0.2) is 11.6 Å². The average molecular weight is 556 g/mol. The van der Waals surface area contributed by atoms with Crippen LogP contribution in [0.4, 0.5) is 0 Å². The summed E-state index contributed by atoms with van der Waals surface area (Å²) in [5.74, 6) is -0.302. The summed E-state index contributed by atoms with van der Waals surface area (Å²) in [7, 11) is 3.00. The van der Waals surface area contributed by atoms with Gasteiger partial charge >= 0.3 is 0 Å². The standard InChI is InChI=1S/C11H13ClO3.C11H14O3.C4H4ClNO2/c1-6(2)10(13)8-4-7(15-3)5-9(12)11(8)14;1-7(2)11(13)9-6-8(14-3)4-5-10(9)12;5-6-3(7)1-2-4(6)8/h4-6,14H,1-3H3;4-7,12H,1-3H3;1-2H2. The summed E-state index contributed by atoms with van der Waals surface area (Å²) in [6.45, 7) is 7.10. The van der Waals surface area contributed by atoms with E-state index >= 15 is 0 Å². The number of ether oxygens (including phenoxy) is 2. The van der Waals surface area contributed by atoms with E-state index in [2.05, 4.69) is 0 Å². The van der Waals surface area contributed by atoms with Crippen molar-refractivity contribution in [2.24, 2.45) is 11.8 Å². The zero-order valence-corrected chi connectivity index (χ0v) is 23.0. The number of benzene rings is 2. The minimum atomic E-state index is -0.295. The number of hydrogen-bond donors (Lipinski definition) is 2. The summed E-state index contributed by atoms with van der Waals surface area (Å²) in [4.78, 5) is 44.0. The largest absolute Gasteiger partial charge is 0.507 e. The first-order valence-electron chi connectivity index (χ1n) is 11.3. The highest BCUT2D eigenvalue weighted by molar-refractivity contribution is 6.33.